The molecule has 0 aliphatic carbocycles. The van der Waals surface area contributed by atoms with E-state index in [0.717, 1.165) is 35.7 Å². The van der Waals surface area contributed by atoms with Crippen molar-refractivity contribution in [2.75, 3.05) is 0 Å². The molecule has 2 aromatic rings. The molecule has 0 bridgehead atoms. The standard InChI is InChI=1S/C24H26N4/c1-13-7-15(3)23(16(4)8-13)21-11-19(25-27-21)20-12-22(28-26-20)24-17(5)9-14(2)10-18(24)6/h7-10H,11-12H2,1-6H3. The minimum Gasteiger partial charge on any atom is -0.154 e. The van der Waals surface area contributed by atoms with Gasteiger partial charge in [0.25, 0.3) is 0 Å². The van der Waals surface area contributed by atoms with Crippen molar-refractivity contribution in [3.8, 4) is 0 Å². The topological polar surface area (TPSA) is 49.4 Å². The van der Waals surface area contributed by atoms with Crippen molar-refractivity contribution in [2.45, 2.75) is 54.4 Å². The van der Waals surface area contributed by atoms with E-state index in [2.05, 4.69) is 86.2 Å². The summed E-state index contributed by atoms with van der Waals surface area (Å²) in [6.45, 7) is 12.8. The van der Waals surface area contributed by atoms with Gasteiger partial charge in [0, 0.05) is 24.0 Å². The van der Waals surface area contributed by atoms with Crippen molar-refractivity contribution in [3.05, 3.63) is 68.8 Å². The third-order valence-corrected chi connectivity index (χ3v) is 5.52. The highest BCUT2D eigenvalue weighted by Gasteiger charge is 2.26. The monoisotopic (exact) mass is 370 g/mol. The molecule has 0 fully saturated rings. The summed E-state index contributed by atoms with van der Waals surface area (Å²) in [5, 5.41) is 17.9. The largest absolute Gasteiger partial charge is 0.154 e. The van der Waals surface area contributed by atoms with Crippen molar-refractivity contribution < 1.29 is 0 Å². The lowest BCUT2D eigenvalue weighted by Crippen LogP contribution is -2.18. The van der Waals surface area contributed by atoms with Gasteiger partial charge in [-0.25, -0.2) is 0 Å². The van der Waals surface area contributed by atoms with Gasteiger partial charge in [-0.05, 0) is 63.8 Å². The first-order chi connectivity index (χ1) is 13.3. The van der Waals surface area contributed by atoms with Crippen molar-refractivity contribution in [1.82, 2.24) is 0 Å². The fraction of sp³-hybridized carbons (Fsp3) is 0.333. The molecule has 0 atom stereocenters. The molecule has 4 rings (SSSR count). The Balaban J connectivity index is 1.51. The molecule has 4 heteroatoms. The van der Waals surface area contributed by atoms with E-state index in [1.54, 1.807) is 0 Å². The van der Waals surface area contributed by atoms with Crippen LogP contribution in [-0.2, 0) is 0 Å². The maximum absolute atomic E-state index is 4.50. The van der Waals surface area contributed by atoms with E-state index in [4.69, 9.17) is 0 Å². The molecule has 0 amide bonds. The Morgan fingerprint density at radius 3 is 1.07 bits per heavy atom. The molecule has 2 aromatic carbocycles. The second-order valence-corrected chi connectivity index (χ2v) is 8.09. The Morgan fingerprint density at radius 1 is 0.464 bits per heavy atom. The fourth-order valence-corrected chi connectivity index (χ4v) is 4.57. The second kappa shape index (κ2) is 6.93. The van der Waals surface area contributed by atoms with Crippen LogP contribution in [-0.4, -0.2) is 22.8 Å². The predicted molar refractivity (Wildman–Crippen MR) is 118 cm³/mol. The Morgan fingerprint density at radius 2 is 0.750 bits per heavy atom. The lowest BCUT2D eigenvalue weighted by Gasteiger charge is -2.12. The Kier molecular flexibility index (Phi) is 4.58. The predicted octanol–water partition coefficient (Wildman–Crippen LogP) is 5.33. The molecule has 0 unspecified atom stereocenters. The number of aryl methyl sites for hydroxylation is 6. The zero-order valence-corrected chi connectivity index (χ0v) is 17.5. The molecular weight excluding hydrogens is 344 g/mol. The van der Waals surface area contributed by atoms with E-state index in [1.165, 1.54) is 44.5 Å². The highest BCUT2D eigenvalue weighted by molar-refractivity contribution is 6.51. The Hall–Kier alpha value is -2.88. The minimum atomic E-state index is 0.720. The van der Waals surface area contributed by atoms with Crippen LogP contribution in [0.5, 0.6) is 0 Å². The zero-order chi connectivity index (χ0) is 20.0. The number of nitrogens with zero attached hydrogens (tertiary/aromatic N) is 4. The smallest absolute Gasteiger partial charge is 0.0928 e. The first-order valence-electron chi connectivity index (χ1n) is 9.77. The van der Waals surface area contributed by atoms with E-state index in [9.17, 15) is 0 Å². The van der Waals surface area contributed by atoms with Crippen molar-refractivity contribution >= 4 is 22.8 Å². The summed E-state index contributed by atoms with van der Waals surface area (Å²) in [7, 11) is 0. The van der Waals surface area contributed by atoms with Gasteiger partial charge in [-0.1, -0.05) is 35.4 Å². The Bertz CT molecular complexity index is 978. The number of hydrogen-bond donors (Lipinski definition) is 0. The zero-order valence-electron chi connectivity index (χ0n) is 17.5. The van der Waals surface area contributed by atoms with Crippen molar-refractivity contribution in [2.24, 2.45) is 20.4 Å². The van der Waals surface area contributed by atoms with Crippen LogP contribution in [0.2, 0.25) is 0 Å². The van der Waals surface area contributed by atoms with E-state index in [0.29, 0.717) is 0 Å². The average molecular weight is 371 g/mol. The number of rotatable bonds is 3. The van der Waals surface area contributed by atoms with Gasteiger partial charge in [-0.3, -0.25) is 0 Å². The minimum absolute atomic E-state index is 0.720. The molecule has 0 N–H and O–H groups in total. The molecule has 0 spiro atoms. The molecule has 4 nitrogen and oxygen atoms in total. The molecule has 142 valence electrons. The quantitative estimate of drug-likeness (QED) is 0.701. The van der Waals surface area contributed by atoms with Crippen LogP contribution in [0.1, 0.15) is 57.3 Å². The van der Waals surface area contributed by atoms with Gasteiger partial charge in [0.05, 0.1) is 22.8 Å². The number of hydrogen-bond acceptors (Lipinski definition) is 4. The molecule has 0 saturated carbocycles. The second-order valence-electron chi connectivity index (χ2n) is 8.09. The average Bonchev–Trinajstić information content (AvgIpc) is 3.22. The van der Waals surface area contributed by atoms with Gasteiger partial charge in [-0.15, -0.1) is 0 Å². The van der Waals surface area contributed by atoms with E-state index in [-0.39, 0.29) is 0 Å². The van der Waals surface area contributed by atoms with Crippen LogP contribution in [0.3, 0.4) is 0 Å². The third-order valence-electron chi connectivity index (χ3n) is 5.52. The molecule has 0 saturated heterocycles. The molecule has 0 radical (unpaired) electrons. The van der Waals surface area contributed by atoms with Crippen LogP contribution in [0, 0.1) is 41.5 Å². The van der Waals surface area contributed by atoms with E-state index < -0.39 is 0 Å². The summed E-state index contributed by atoms with van der Waals surface area (Å²) in [6, 6.07) is 8.83. The SMILES string of the molecule is Cc1cc(C)c(C2=NN=C(C3=NN=C(c4c(C)cc(C)cc4C)C3)C2)c(C)c1. The first kappa shape index (κ1) is 18.5. The van der Waals surface area contributed by atoms with Gasteiger partial charge in [0.1, 0.15) is 0 Å². The third kappa shape index (κ3) is 3.24. The molecular formula is C24H26N4. The van der Waals surface area contributed by atoms with Crippen LogP contribution >= 0.6 is 0 Å². The maximum Gasteiger partial charge on any atom is 0.0928 e. The molecule has 0 aromatic heterocycles. The lowest BCUT2D eigenvalue weighted by molar-refractivity contribution is 1.24. The van der Waals surface area contributed by atoms with Gasteiger partial charge in [-0.2, -0.15) is 20.4 Å². The summed E-state index contributed by atoms with van der Waals surface area (Å²) >= 11 is 0. The summed E-state index contributed by atoms with van der Waals surface area (Å²) in [6.07, 6.45) is 1.44. The highest BCUT2D eigenvalue weighted by Crippen LogP contribution is 2.25. The normalized spacial score (nSPS) is 16.1. The van der Waals surface area contributed by atoms with Crippen LogP contribution in [0.4, 0.5) is 0 Å². The number of benzene rings is 2. The molecule has 2 aliphatic rings. The van der Waals surface area contributed by atoms with Gasteiger partial charge in [0.15, 0.2) is 0 Å². The summed E-state index contributed by atoms with van der Waals surface area (Å²) in [5.74, 6) is 0. The fourth-order valence-electron chi connectivity index (χ4n) is 4.57. The van der Waals surface area contributed by atoms with Gasteiger partial charge < -0.3 is 0 Å². The van der Waals surface area contributed by atoms with E-state index in [1.807, 2.05) is 0 Å². The van der Waals surface area contributed by atoms with Gasteiger partial charge >= 0.3 is 0 Å². The molecule has 28 heavy (non-hydrogen) atoms. The summed E-state index contributed by atoms with van der Waals surface area (Å²) in [4.78, 5) is 0. The Labute approximate surface area is 166 Å². The van der Waals surface area contributed by atoms with Crippen LogP contribution in [0.15, 0.2) is 44.7 Å². The highest BCUT2D eigenvalue weighted by atomic mass is 15.3. The first-order valence-corrected chi connectivity index (χ1v) is 9.77. The molecule has 2 aliphatic heterocycles. The summed E-state index contributed by atoms with van der Waals surface area (Å²) in [5.41, 5.74) is 13.9. The lowest BCUT2D eigenvalue weighted by atomic mass is 9.91. The van der Waals surface area contributed by atoms with Crippen molar-refractivity contribution in [3.63, 3.8) is 0 Å². The van der Waals surface area contributed by atoms with E-state index >= 15 is 0 Å². The maximum atomic E-state index is 4.50. The van der Waals surface area contributed by atoms with Crippen LogP contribution in [0.25, 0.3) is 0 Å². The summed E-state index contributed by atoms with van der Waals surface area (Å²) < 4.78 is 0. The molecule has 2 heterocycles. The van der Waals surface area contributed by atoms with Gasteiger partial charge in [0.2, 0.25) is 0 Å². The van der Waals surface area contributed by atoms with Crippen LogP contribution < -0.4 is 0 Å². The van der Waals surface area contributed by atoms with Crippen molar-refractivity contribution in [1.29, 1.82) is 0 Å².